The topological polar surface area (TPSA) is 88.0 Å². The molecule has 0 radical (unpaired) electrons. The normalized spacial score (nSPS) is 18.0. The molecule has 3 rings (SSSR count). The van der Waals surface area contributed by atoms with Crippen molar-refractivity contribution in [2.75, 3.05) is 0 Å². The van der Waals surface area contributed by atoms with Gasteiger partial charge in [-0.2, -0.15) is 26.3 Å². The average Bonchev–Trinajstić information content (AvgIpc) is 3.08. The third-order valence-corrected chi connectivity index (χ3v) is 8.72. The summed E-state index contributed by atoms with van der Waals surface area (Å²) in [7, 11) is 0. The van der Waals surface area contributed by atoms with Crippen LogP contribution in [0, 0.1) is 0 Å². The molecule has 0 saturated heterocycles. The van der Waals surface area contributed by atoms with Crippen LogP contribution in [-0.2, 0) is 35.5 Å². The molecule has 0 unspecified atom stereocenters. The molecule has 6 nitrogen and oxygen atoms in total. The van der Waals surface area contributed by atoms with Crippen LogP contribution in [0.3, 0.4) is 0 Å². The quantitative estimate of drug-likeness (QED) is 0.155. The van der Waals surface area contributed by atoms with Gasteiger partial charge in [0, 0.05) is 36.1 Å². The first kappa shape index (κ1) is 46.6. The number of hydrogen-bond acceptors (Lipinski definition) is 4. The van der Waals surface area contributed by atoms with E-state index in [4.69, 9.17) is 19.8 Å². The molecule has 0 amide bonds. The van der Waals surface area contributed by atoms with Gasteiger partial charge in [0.2, 0.25) is 0 Å². The van der Waals surface area contributed by atoms with Crippen molar-refractivity contribution < 1.29 is 55.3 Å². The fourth-order valence-corrected chi connectivity index (χ4v) is 5.85. The van der Waals surface area contributed by atoms with Gasteiger partial charge in [-0.3, -0.25) is 0 Å². The summed E-state index contributed by atoms with van der Waals surface area (Å²) in [5.41, 5.74) is 3.04. The van der Waals surface area contributed by atoms with E-state index in [9.17, 15) is 26.3 Å². The van der Waals surface area contributed by atoms with Crippen LogP contribution in [0.25, 0.3) is 0 Å². The summed E-state index contributed by atoms with van der Waals surface area (Å²) >= 11 is 0. The van der Waals surface area contributed by atoms with Gasteiger partial charge in [-0.15, -0.1) is 0 Å². The van der Waals surface area contributed by atoms with Crippen LogP contribution in [0.2, 0.25) is 0 Å². The summed E-state index contributed by atoms with van der Waals surface area (Å²) in [5.74, 6) is -6.01. The molecule has 0 fully saturated rings. The number of aromatic nitrogens is 2. The number of fused-ring (bicyclic) bond motifs is 4. The standard InChI is InChI=1S/C36H58N2.2C2HF3O2/c1-2-5-9-13-17-21-29-37-31-24-28-36(34-37)26-20-16-12-8-4-6-10-14-18-22-30-38-32-23-27-35(33-38)25-19-15-11-7-3-1;2*3-2(4,5)1(6)7/h1-2,23-24,27-28,31-34H,3-22,25-26,29-30H2;2*(H,6,7)/q+2;;/p-2/b2-1+;;. The predicted octanol–water partition coefficient (Wildman–Crippen LogP) is 8.02. The molecule has 1 aliphatic rings. The molecule has 0 aliphatic carbocycles. The lowest BCUT2D eigenvalue weighted by atomic mass is 10.0. The first-order chi connectivity index (χ1) is 24.8. The molecule has 294 valence electrons. The van der Waals surface area contributed by atoms with Crippen molar-refractivity contribution in [3.8, 4) is 0 Å². The van der Waals surface area contributed by atoms with Crippen LogP contribution in [0.4, 0.5) is 26.3 Å². The first-order valence-electron chi connectivity index (χ1n) is 19.0. The molecule has 0 atom stereocenters. The van der Waals surface area contributed by atoms with Gasteiger partial charge in [-0.05, 0) is 76.3 Å². The minimum atomic E-state index is -5.19. The summed E-state index contributed by atoms with van der Waals surface area (Å²) < 4.78 is 67.9. The summed E-state index contributed by atoms with van der Waals surface area (Å²) in [6.45, 7) is 2.36. The fourth-order valence-electron chi connectivity index (χ4n) is 5.85. The summed E-state index contributed by atoms with van der Waals surface area (Å²) in [4.78, 5) is 17.6. The van der Waals surface area contributed by atoms with Crippen molar-refractivity contribution in [2.45, 2.75) is 167 Å². The fraction of sp³-hybridized carbons (Fsp3) is 0.650. The summed E-state index contributed by atoms with van der Waals surface area (Å²) in [6.07, 6.45) is 33.5. The summed E-state index contributed by atoms with van der Waals surface area (Å²) in [5, 5.41) is 17.6. The number of carbonyl (C=O) groups is 2. The Kier molecular flexibility index (Phi) is 25.2. The number of aryl methyl sites for hydroxylation is 4. The number of aliphatic carboxylic acids is 2. The molecule has 0 spiro atoms. The van der Waals surface area contributed by atoms with Crippen LogP contribution < -0.4 is 19.3 Å². The maximum absolute atomic E-state index is 10.5. The molecule has 1 aliphatic heterocycles. The minimum Gasteiger partial charge on any atom is -0.542 e. The molecule has 0 aromatic carbocycles. The number of nitrogens with zero attached hydrogens (tertiary/aromatic N) is 2. The van der Waals surface area contributed by atoms with Crippen LogP contribution in [-0.4, -0.2) is 24.3 Å². The summed E-state index contributed by atoms with van der Waals surface area (Å²) in [6, 6.07) is 9.15. The molecule has 2 aromatic rings. The van der Waals surface area contributed by atoms with Gasteiger partial charge in [0.1, 0.15) is 25.0 Å². The van der Waals surface area contributed by atoms with Gasteiger partial charge in [0.05, 0.1) is 0 Å². The van der Waals surface area contributed by atoms with Gasteiger partial charge in [-0.1, -0.05) is 76.4 Å². The number of allylic oxidation sites excluding steroid dienone is 2. The molecule has 2 aromatic heterocycles. The Morgan fingerprint density at radius 2 is 0.769 bits per heavy atom. The zero-order valence-electron chi connectivity index (χ0n) is 30.5. The molecule has 12 heteroatoms. The lowest BCUT2D eigenvalue weighted by Crippen LogP contribution is -2.37. The van der Waals surface area contributed by atoms with E-state index < -0.39 is 24.3 Å². The molecule has 0 N–H and O–H groups in total. The number of rotatable bonds is 0. The van der Waals surface area contributed by atoms with E-state index in [0.29, 0.717) is 0 Å². The van der Waals surface area contributed by atoms with Crippen molar-refractivity contribution >= 4 is 11.9 Å². The highest BCUT2D eigenvalue weighted by Crippen LogP contribution is 2.14. The zero-order valence-corrected chi connectivity index (χ0v) is 30.5. The van der Waals surface area contributed by atoms with Gasteiger partial charge in [0.15, 0.2) is 24.8 Å². The highest BCUT2D eigenvalue weighted by atomic mass is 19.4. The van der Waals surface area contributed by atoms with E-state index in [2.05, 4.69) is 70.3 Å². The number of hydrogen-bond donors (Lipinski definition) is 0. The average molecular weight is 745 g/mol. The molecular weight excluding hydrogens is 686 g/mol. The van der Waals surface area contributed by atoms with Crippen LogP contribution in [0.15, 0.2) is 61.2 Å². The van der Waals surface area contributed by atoms with Gasteiger partial charge in [-0.25, -0.2) is 9.13 Å². The zero-order chi connectivity index (χ0) is 38.5. The number of alkyl halides is 6. The Balaban J connectivity index is 0.000000812. The monoisotopic (exact) mass is 744 g/mol. The Hall–Kier alpha value is -3.44. The van der Waals surface area contributed by atoms with Crippen molar-refractivity contribution in [1.82, 2.24) is 0 Å². The number of carboxylic acids is 2. The van der Waals surface area contributed by atoms with E-state index in [0.717, 1.165) is 0 Å². The number of halogens is 6. The largest absolute Gasteiger partial charge is 0.542 e. The molecule has 4 bridgehead atoms. The van der Waals surface area contributed by atoms with Gasteiger partial charge < -0.3 is 19.8 Å². The molecular formula is C40H58F6N2O4. The molecule has 52 heavy (non-hydrogen) atoms. The smallest absolute Gasteiger partial charge is 0.430 e. The number of carboxylic acid groups (broad SMARTS) is 2. The van der Waals surface area contributed by atoms with E-state index >= 15 is 0 Å². The van der Waals surface area contributed by atoms with Crippen molar-refractivity contribution in [2.24, 2.45) is 0 Å². The maximum atomic E-state index is 10.5. The number of carbonyl (C=O) groups excluding carboxylic acids is 2. The van der Waals surface area contributed by atoms with Crippen LogP contribution in [0.1, 0.15) is 140 Å². The Morgan fingerprint density at radius 1 is 0.481 bits per heavy atom. The Morgan fingerprint density at radius 3 is 1.10 bits per heavy atom. The lowest BCUT2D eigenvalue weighted by Gasteiger charge is -2.04. The first-order valence-corrected chi connectivity index (χ1v) is 19.0. The van der Waals surface area contributed by atoms with Crippen molar-refractivity contribution in [3.63, 3.8) is 0 Å². The second-order valence-corrected chi connectivity index (χ2v) is 13.4. The molecule has 0 saturated carbocycles. The third-order valence-electron chi connectivity index (χ3n) is 8.72. The molecule has 3 heterocycles. The van der Waals surface area contributed by atoms with Gasteiger partial charge >= 0.3 is 12.4 Å². The Labute approximate surface area is 306 Å². The van der Waals surface area contributed by atoms with Crippen LogP contribution in [0.5, 0.6) is 0 Å². The highest BCUT2D eigenvalue weighted by Gasteiger charge is 2.29. The Bertz CT molecular complexity index is 1170. The maximum Gasteiger partial charge on any atom is 0.430 e. The highest BCUT2D eigenvalue weighted by molar-refractivity contribution is 5.71. The van der Waals surface area contributed by atoms with E-state index in [1.807, 2.05) is 0 Å². The lowest BCUT2D eigenvalue weighted by molar-refractivity contribution is -0.697. The number of pyridine rings is 2. The van der Waals surface area contributed by atoms with E-state index in [1.54, 1.807) is 0 Å². The second kappa shape index (κ2) is 28.1. The second-order valence-electron chi connectivity index (χ2n) is 13.4. The van der Waals surface area contributed by atoms with Crippen LogP contribution >= 0.6 is 0 Å². The third kappa shape index (κ3) is 26.4. The minimum absolute atomic E-state index is 1.17. The van der Waals surface area contributed by atoms with E-state index in [-0.39, 0.29) is 0 Å². The van der Waals surface area contributed by atoms with E-state index in [1.165, 1.54) is 165 Å². The van der Waals surface area contributed by atoms with Gasteiger partial charge in [0.25, 0.3) is 0 Å². The van der Waals surface area contributed by atoms with Crippen molar-refractivity contribution in [3.05, 3.63) is 72.3 Å². The SMILES string of the molecule is C1=C/CCCCCC[n+]2cccc(c2)CCCCCCCCCCCC[n+]2cccc(c2)CCCCCC/1.O=C([O-])C(F)(F)F.O=C([O-])C(F)(F)F. The van der Waals surface area contributed by atoms with Crippen molar-refractivity contribution in [1.29, 1.82) is 0 Å². The predicted molar refractivity (Wildman–Crippen MR) is 184 cm³/mol.